The Labute approximate surface area is 142 Å². The molecule has 2 rings (SSSR count). The summed E-state index contributed by atoms with van der Waals surface area (Å²) < 4.78 is 6.68. The van der Waals surface area contributed by atoms with Crippen LogP contribution in [-0.4, -0.2) is 77.8 Å². The van der Waals surface area contributed by atoms with E-state index in [0.29, 0.717) is 39.0 Å². The van der Waals surface area contributed by atoms with Crippen molar-refractivity contribution in [3.05, 3.63) is 12.3 Å². The minimum Gasteiger partial charge on any atom is -0.384 e. The SMILES string of the molecule is COCCC(=O)N1CCC(Nc2ccnn2C)(C(=O)N(C)C)CC1. The minimum atomic E-state index is -0.713. The number of aromatic nitrogens is 2. The summed E-state index contributed by atoms with van der Waals surface area (Å²) in [4.78, 5) is 28.4. The van der Waals surface area contributed by atoms with Crippen molar-refractivity contribution in [1.82, 2.24) is 19.6 Å². The van der Waals surface area contributed by atoms with Crippen molar-refractivity contribution in [2.75, 3.05) is 46.2 Å². The predicted molar refractivity (Wildman–Crippen MR) is 90.6 cm³/mol. The van der Waals surface area contributed by atoms with E-state index in [-0.39, 0.29) is 11.8 Å². The summed E-state index contributed by atoms with van der Waals surface area (Å²) >= 11 is 0. The first-order valence-corrected chi connectivity index (χ1v) is 8.14. The van der Waals surface area contributed by atoms with E-state index in [1.54, 1.807) is 37.0 Å². The molecule has 0 atom stereocenters. The highest BCUT2D eigenvalue weighted by Gasteiger charge is 2.43. The summed E-state index contributed by atoms with van der Waals surface area (Å²) in [6.45, 7) is 1.52. The van der Waals surface area contributed by atoms with Crippen LogP contribution in [0.15, 0.2) is 12.3 Å². The van der Waals surface area contributed by atoms with E-state index in [1.165, 1.54) is 0 Å². The van der Waals surface area contributed by atoms with Crippen LogP contribution >= 0.6 is 0 Å². The number of ether oxygens (including phenoxy) is 1. The Hall–Kier alpha value is -2.09. The highest BCUT2D eigenvalue weighted by atomic mass is 16.5. The summed E-state index contributed by atoms with van der Waals surface area (Å²) in [5.41, 5.74) is -0.713. The summed E-state index contributed by atoms with van der Waals surface area (Å²) in [5, 5.41) is 7.52. The average Bonchev–Trinajstić information content (AvgIpc) is 2.97. The molecule has 24 heavy (non-hydrogen) atoms. The van der Waals surface area contributed by atoms with Gasteiger partial charge in [0.1, 0.15) is 11.4 Å². The Morgan fingerprint density at radius 2 is 2.04 bits per heavy atom. The number of carbonyl (C=O) groups excluding carboxylic acids is 2. The number of hydrogen-bond acceptors (Lipinski definition) is 5. The van der Waals surface area contributed by atoms with Gasteiger partial charge < -0.3 is 19.9 Å². The van der Waals surface area contributed by atoms with Crippen LogP contribution in [0.5, 0.6) is 0 Å². The van der Waals surface area contributed by atoms with E-state index in [1.807, 2.05) is 18.0 Å². The van der Waals surface area contributed by atoms with Crippen molar-refractivity contribution in [3.63, 3.8) is 0 Å². The smallest absolute Gasteiger partial charge is 0.247 e. The zero-order valence-electron chi connectivity index (χ0n) is 14.9. The van der Waals surface area contributed by atoms with Crippen LogP contribution in [0.4, 0.5) is 5.82 Å². The van der Waals surface area contributed by atoms with Gasteiger partial charge in [-0.2, -0.15) is 5.10 Å². The van der Waals surface area contributed by atoms with Crippen molar-refractivity contribution in [2.45, 2.75) is 24.8 Å². The van der Waals surface area contributed by atoms with Gasteiger partial charge in [-0.15, -0.1) is 0 Å². The molecule has 8 nitrogen and oxygen atoms in total. The van der Waals surface area contributed by atoms with E-state index in [0.717, 1.165) is 5.82 Å². The number of piperidine rings is 1. The quantitative estimate of drug-likeness (QED) is 0.809. The van der Waals surface area contributed by atoms with Gasteiger partial charge in [0.15, 0.2) is 0 Å². The van der Waals surface area contributed by atoms with Gasteiger partial charge in [-0.25, -0.2) is 0 Å². The van der Waals surface area contributed by atoms with Gasteiger partial charge in [0.25, 0.3) is 0 Å². The molecule has 0 unspecified atom stereocenters. The van der Waals surface area contributed by atoms with E-state index >= 15 is 0 Å². The Kier molecular flexibility index (Phi) is 5.82. The summed E-state index contributed by atoms with van der Waals surface area (Å²) in [5.74, 6) is 0.889. The molecular formula is C16H27N5O3. The third-order valence-corrected chi connectivity index (χ3v) is 4.49. The molecule has 1 aromatic rings. The number of carbonyl (C=O) groups is 2. The lowest BCUT2D eigenvalue weighted by molar-refractivity contribution is -0.140. The van der Waals surface area contributed by atoms with Gasteiger partial charge in [0.2, 0.25) is 11.8 Å². The van der Waals surface area contributed by atoms with Gasteiger partial charge in [-0.1, -0.05) is 0 Å². The van der Waals surface area contributed by atoms with Crippen LogP contribution in [0.1, 0.15) is 19.3 Å². The van der Waals surface area contributed by atoms with Crippen LogP contribution < -0.4 is 5.32 Å². The van der Waals surface area contributed by atoms with E-state index < -0.39 is 5.54 Å². The summed E-state index contributed by atoms with van der Waals surface area (Å²) in [6.07, 6.45) is 3.20. The normalized spacial score (nSPS) is 16.8. The highest BCUT2D eigenvalue weighted by Crippen LogP contribution is 2.29. The number of nitrogens with one attached hydrogen (secondary N) is 1. The maximum Gasteiger partial charge on any atom is 0.247 e. The Morgan fingerprint density at radius 3 is 2.54 bits per heavy atom. The first kappa shape index (κ1) is 18.3. The second kappa shape index (κ2) is 7.65. The molecule has 134 valence electrons. The molecule has 0 spiro atoms. The number of hydrogen-bond donors (Lipinski definition) is 1. The third kappa shape index (κ3) is 3.87. The molecule has 0 radical (unpaired) electrons. The van der Waals surface area contributed by atoms with Gasteiger partial charge in [0.05, 0.1) is 19.2 Å². The zero-order chi connectivity index (χ0) is 17.7. The molecule has 1 N–H and O–H groups in total. The molecule has 0 aliphatic carbocycles. The number of anilines is 1. The minimum absolute atomic E-state index is 0.0210. The Balaban J connectivity index is 2.11. The molecule has 8 heteroatoms. The number of likely N-dealkylation sites (N-methyl/N-ethyl adjacent to an activating group) is 1. The van der Waals surface area contributed by atoms with Gasteiger partial charge >= 0.3 is 0 Å². The van der Waals surface area contributed by atoms with Crippen LogP contribution in [0.2, 0.25) is 0 Å². The second-order valence-electron chi connectivity index (χ2n) is 6.37. The molecule has 1 aliphatic heterocycles. The monoisotopic (exact) mass is 337 g/mol. The molecule has 1 saturated heterocycles. The number of aryl methyl sites for hydroxylation is 1. The maximum atomic E-state index is 12.8. The number of nitrogens with zero attached hydrogens (tertiary/aromatic N) is 4. The summed E-state index contributed by atoms with van der Waals surface area (Å²) in [6, 6.07) is 1.85. The highest BCUT2D eigenvalue weighted by molar-refractivity contribution is 5.89. The standard InChI is InChI=1S/C16H27N5O3/c1-19(2)15(23)16(18-13-5-9-17-20(13)3)7-10-21(11-8-16)14(22)6-12-24-4/h5,9,18H,6-8,10-12H2,1-4H3. The fourth-order valence-electron chi connectivity index (χ4n) is 3.05. The van der Waals surface area contributed by atoms with E-state index in [2.05, 4.69) is 10.4 Å². The van der Waals surface area contributed by atoms with Gasteiger partial charge in [0, 0.05) is 47.4 Å². The van der Waals surface area contributed by atoms with E-state index in [9.17, 15) is 9.59 Å². The van der Waals surface area contributed by atoms with E-state index in [4.69, 9.17) is 4.74 Å². The number of amides is 2. The lowest BCUT2D eigenvalue weighted by Crippen LogP contribution is -2.59. The maximum absolute atomic E-state index is 12.8. The number of methoxy groups -OCH3 is 1. The molecular weight excluding hydrogens is 310 g/mol. The zero-order valence-corrected chi connectivity index (χ0v) is 14.9. The van der Waals surface area contributed by atoms with Crippen molar-refractivity contribution in [2.24, 2.45) is 7.05 Å². The summed E-state index contributed by atoms with van der Waals surface area (Å²) in [7, 11) is 6.93. The van der Waals surface area contributed by atoms with Crippen molar-refractivity contribution in [1.29, 1.82) is 0 Å². The largest absolute Gasteiger partial charge is 0.384 e. The predicted octanol–water partition coefficient (Wildman–Crippen LogP) is 0.318. The lowest BCUT2D eigenvalue weighted by atomic mass is 9.85. The fourth-order valence-corrected chi connectivity index (χ4v) is 3.05. The molecule has 0 saturated carbocycles. The lowest BCUT2D eigenvalue weighted by Gasteiger charge is -2.42. The first-order chi connectivity index (χ1) is 11.4. The van der Waals surface area contributed by atoms with Crippen LogP contribution in [0, 0.1) is 0 Å². The van der Waals surface area contributed by atoms with Crippen LogP contribution in [0.3, 0.4) is 0 Å². The molecule has 2 heterocycles. The molecule has 2 amide bonds. The van der Waals surface area contributed by atoms with Crippen LogP contribution in [-0.2, 0) is 21.4 Å². The molecule has 1 aromatic heterocycles. The first-order valence-electron chi connectivity index (χ1n) is 8.14. The van der Waals surface area contributed by atoms with Crippen molar-refractivity contribution < 1.29 is 14.3 Å². The fraction of sp³-hybridized carbons (Fsp3) is 0.688. The van der Waals surface area contributed by atoms with Crippen molar-refractivity contribution in [3.8, 4) is 0 Å². The number of rotatable bonds is 6. The van der Waals surface area contributed by atoms with Crippen molar-refractivity contribution >= 4 is 17.6 Å². The molecule has 1 aliphatic rings. The van der Waals surface area contributed by atoms with Gasteiger partial charge in [-0.3, -0.25) is 14.3 Å². The van der Waals surface area contributed by atoms with Crippen LogP contribution in [0.25, 0.3) is 0 Å². The Morgan fingerprint density at radius 1 is 1.38 bits per heavy atom. The molecule has 0 bridgehead atoms. The second-order valence-corrected chi connectivity index (χ2v) is 6.37. The number of likely N-dealkylation sites (tertiary alicyclic amines) is 1. The topological polar surface area (TPSA) is 79.7 Å². The molecule has 1 fully saturated rings. The Bertz CT molecular complexity index is 576. The van der Waals surface area contributed by atoms with Gasteiger partial charge in [-0.05, 0) is 12.8 Å². The molecule has 0 aromatic carbocycles. The average molecular weight is 337 g/mol. The third-order valence-electron chi connectivity index (χ3n) is 4.49.